The van der Waals surface area contributed by atoms with E-state index in [0.717, 1.165) is 26.1 Å². The average molecular weight is 227 g/mol. The first-order valence-electron chi connectivity index (χ1n) is 6.08. The zero-order valence-electron chi connectivity index (χ0n) is 11.2. The van der Waals surface area contributed by atoms with Crippen molar-refractivity contribution < 1.29 is 4.79 Å². The molecule has 16 heavy (non-hydrogen) atoms. The van der Waals surface area contributed by atoms with Gasteiger partial charge in [-0.25, -0.2) is 0 Å². The molecule has 0 radical (unpaired) electrons. The van der Waals surface area contributed by atoms with Gasteiger partial charge in [0.15, 0.2) is 0 Å². The lowest BCUT2D eigenvalue weighted by Crippen LogP contribution is -2.50. The fraction of sp³-hybridized carbons (Fsp3) is 0.917. The number of hydrogen-bond acceptors (Lipinski definition) is 3. The normalized spacial score (nSPS) is 22.2. The van der Waals surface area contributed by atoms with Crippen LogP contribution < -0.4 is 5.32 Å². The van der Waals surface area contributed by atoms with Crippen molar-refractivity contribution in [2.45, 2.75) is 38.8 Å². The smallest absolute Gasteiger partial charge is 0.239 e. The number of likely N-dealkylation sites (N-methyl/N-ethyl adjacent to an activating group) is 2. The van der Waals surface area contributed by atoms with Crippen LogP contribution in [-0.2, 0) is 4.79 Å². The molecule has 1 atom stereocenters. The van der Waals surface area contributed by atoms with Crippen LogP contribution >= 0.6 is 0 Å². The maximum absolute atomic E-state index is 12.0. The van der Waals surface area contributed by atoms with Crippen LogP contribution in [0.1, 0.15) is 27.2 Å². The first-order valence-corrected chi connectivity index (χ1v) is 6.08. The van der Waals surface area contributed by atoms with Gasteiger partial charge in [0.1, 0.15) is 0 Å². The molecule has 94 valence electrons. The standard InChI is InChI=1S/C12H25N3O/c1-6-13-10-7-8-15(11(10)16)9-12(2,3)14(4)5/h10,13H,6-9H2,1-5H3. The first kappa shape index (κ1) is 13.5. The summed E-state index contributed by atoms with van der Waals surface area (Å²) in [5.74, 6) is 0.261. The van der Waals surface area contributed by atoms with E-state index in [1.54, 1.807) is 0 Å². The van der Waals surface area contributed by atoms with Crippen LogP contribution in [0.4, 0.5) is 0 Å². The number of likely N-dealkylation sites (tertiary alicyclic amines) is 1. The van der Waals surface area contributed by atoms with E-state index < -0.39 is 0 Å². The Hall–Kier alpha value is -0.610. The lowest BCUT2D eigenvalue weighted by Gasteiger charge is -2.36. The summed E-state index contributed by atoms with van der Waals surface area (Å²) >= 11 is 0. The number of amides is 1. The number of carbonyl (C=O) groups excluding carboxylic acids is 1. The van der Waals surface area contributed by atoms with Crippen LogP contribution in [0.15, 0.2) is 0 Å². The van der Waals surface area contributed by atoms with Gasteiger partial charge in [-0.3, -0.25) is 4.79 Å². The van der Waals surface area contributed by atoms with Crippen molar-refractivity contribution >= 4 is 5.91 Å². The molecule has 1 N–H and O–H groups in total. The lowest BCUT2D eigenvalue weighted by molar-refractivity contribution is -0.130. The molecule has 1 fully saturated rings. The number of rotatable bonds is 5. The Labute approximate surface area is 99.0 Å². The summed E-state index contributed by atoms with van der Waals surface area (Å²) in [6.07, 6.45) is 0.941. The van der Waals surface area contributed by atoms with Crippen molar-refractivity contribution in [1.29, 1.82) is 0 Å². The number of nitrogens with zero attached hydrogens (tertiary/aromatic N) is 2. The molecule has 1 rings (SSSR count). The van der Waals surface area contributed by atoms with Gasteiger partial charge in [0, 0.05) is 18.6 Å². The van der Waals surface area contributed by atoms with Gasteiger partial charge in [-0.2, -0.15) is 0 Å². The highest BCUT2D eigenvalue weighted by molar-refractivity contribution is 5.84. The SMILES string of the molecule is CCNC1CCN(CC(C)(C)N(C)C)C1=O. The molecule has 0 saturated carbocycles. The quantitative estimate of drug-likeness (QED) is 0.744. The topological polar surface area (TPSA) is 35.6 Å². The summed E-state index contributed by atoms with van der Waals surface area (Å²) in [4.78, 5) is 16.2. The molecule has 0 aliphatic carbocycles. The minimum absolute atomic E-state index is 0.0385. The van der Waals surface area contributed by atoms with Crippen LogP contribution in [0, 0.1) is 0 Å². The van der Waals surface area contributed by atoms with E-state index in [1.165, 1.54) is 0 Å². The molecule has 0 bridgehead atoms. The summed E-state index contributed by atoms with van der Waals surface area (Å²) in [5.41, 5.74) is 0.0385. The Morgan fingerprint density at radius 2 is 2.12 bits per heavy atom. The van der Waals surface area contributed by atoms with Crippen molar-refractivity contribution in [3.05, 3.63) is 0 Å². The molecule has 1 heterocycles. The van der Waals surface area contributed by atoms with E-state index >= 15 is 0 Å². The van der Waals surface area contributed by atoms with Crippen LogP contribution in [-0.4, -0.2) is 61.0 Å². The Morgan fingerprint density at radius 3 is 2.62 bits per heavy atom. The van der Waals surface area contributed by atoms with E-state index in [4.69, 9.17) is 0 Å². The second kappa shape index (κ2) is 5.15. The van der Waals surface area contributed by atoms with E-state index in [0.29, 0.717) is 0 Å². The van der Waals surface area contributed by atoms with Crippen molar-refractivity contribution in [2.24, 2.45) is 0 Å². The summed E-state index contributed by atoms with van der Waals surface area (Å²) < 4.78 is 0. The van der Waals surface area contributed by atoms with Crippen LogP contribution in [0.25, 0.3) is 0 Å². The highest BCUT2D eigenvalue weighted by Gasteiger charge is 2.34. The molecule has 1 aliphatic rings. The predicted octanol–water partition coefficient (Wildman–Crippen LogP) is 0.537. The largest absolute Gasteiger partial charge is 0.339 e. The Bertz CT molecular complexity index is 251. The van der Waals surface area contributed by atoms with Gasteiger partial charge in [-0.15, -0.1) is 0 Å². The van der Waals surface area contributed by atoms with Gasteiger partial charge in [0.2, 0.25) is 5.91 Å². The fourth-order valence-electron chi connectivity index (χ4n) is 1.94. The summed E-state index contributed by atoms with van der Waals surface area (Å²) in [6, 6.07) is 0.0444. The Kier molecular flexibility index (Phi) is 4.33. The highest BCUT2D eigenvalue weighted by atomic mass is 16.2. The zero-order chi connectivity index (χ0) is 12.3. The second-order valence-corrected chi connectivity index (χ2v) is 5.37. The van der Waals surface area contributed by atoms with Gasteiger partial charge in [0.25, 0.3) is 0 Å². The zero-order valence-corrected chi connectivity index (χ0v) is 11.2. The van der Waals surface area contributed by atoms with Gasteiger partial charge >= 0.3 is 0 Å². The lowest BCUT2D eigenvalue weighted by atomic mass is 10.0. The molecule has 4 heteroatoms. The third kappa shape index (κ3) is 2.95. The maximum Gasteiger partial charge on any atom is 0.239 e. The molecule has 1 amide bonds. The molecule has 1 aliphatic heterocycles. The summed E-state index contributed by atoms with van der Waals surface area (Å²) in [6.45, 7) is 8.93. The van der Waals surface area contributed by atoms with Gasteiger partial charge in [-0.1, -0.05) is 6.92 Å². The highest BCUT2D eigenvalue weighted by Crippen LogP contribution is 2.18. The molecule has 0 aromatic heterocycles. The van der Waals surface area contributed by atoms with Gasteiger partial charge in [0.05, 0.1) is 6.04 Å². The number of carbonyl (C=O) groups is 1. The monoisotopic (exact) mass is 227 g/mol. The van der Waals surface area contributed by atoms with Crippen molar-refractivity contribution in [3.63, 3.8) is 0 Å². The Balaban J connectivity index is 2.55. The summed E-state index contributed by atoms with van der Waals surface area (Å²) in [5, 5.41) is 3.23. The van der Waals surface area contributed by atoms with E-state index in [1.807, 2.05) is 11.8 Å². The van der Waals surface area contributed by atoms with Gasteiger partial charge in [-0.05, 0) is 40.9 Å². The third-order valence-electron chi connectivity index (χ3n) is 3.54. The first-order chi connectivity index (χ1) is 7.38. The molecule has 4 nitrogen and oxygen atoms in total. The molecule has 1 saturated heterocycles. The van der Waals surface area contributed by atoms with E-state index in [9.17, 15) is 4.79 Å². The van der Waals surface area contributed by atoms with Crippen LogP contribution in [0.5, 0.6) is 0 Å². The van der Waals surface area contributed by atoms with Crippen molar-refractivity contribution in [2.75, 3.05) is 33.7 Å². The minimum Gasteiger partial charge on any atom is -0.339 e. The van der Waals surface area contributed by atoms with E-state index in [-0.39, 0.29) is 17.5 Å². The molecular weight excluding hydrogens is 202 g/mol. The predicted molar refractivity (Wildman–Crippen MR) is 66.4 cm³/mol. The van der Waals surface area contributed by atoms with Crippen LogP contribution in [0.2, 0.25) is 0 Å². The number of hydrogen-bond donors (Lipinski definition) is 1. The van der Waals surface area contributed by atoms with Gasteiger partial charge < -0.3 is 15.1 Å². The third-order valence-corrected chi connectivity index (χ3v) is 3.54. The van der Waals surface area contributed by atoms with E-state index in [2.05, 4.69) is 38.2 Å². The molecule has 0 spiro atoms. The average Bonchev–Trinajstić information content (AvgIpc) is 2.50. The number of nitrogens with one attached hydrogen (secondary N) is 1. The summed E-state index contributed by atoms with van der Waals surface area (Å²) in [7, 11) is 4.12. The second-order valence-electron chi connectivity index (χ2n) is 5.37. The van der Waals surface area contributed by atoms with Crippen molar-refractivity contribution in [3.8, 4) is 0 Å². The minimum atomic E-state index is 0.0385. The molecule has 0 aromatic rings. The Morgan fingerprint density at radius 1 is 1.50 bits per heavy atom. The molecule has 0 aromatic carbocycles. The fourth-order valence-corrected chi connectivity index (χ4v) is 1.94. The molecular formula is C12H25N3O. The maximum atomic E-state index is 12.0. The van der Waals surface area contributed by atoms with Crippen molar-refractivity contribution in [1.82, 2.24) is 15.1 Å². The molecule has 1 unspecified atom stereocenters. The van der Waals surface area contributed by atoms with Crippen LogP contribution in [0.3, 0.4) is 0 Å².